The predicted octanol–water partition coefficient (Wildman–Crippen LogP) is 2.77. The standard InChI is InChI=1S/C9H9ClF3N/c10-7-3-1-6(2-4-7)5-8(14)9(11,12)13/h1-4,8H,5,14H2. The van der Waals surface area contributed by atoms with E-state index in [2.05, 4.69) is 0 Å². The molecule has 0 bridgehead atoms. The summed E-state index contributed by atoms with van der Waals surface area (Å²) in [5, 5.41) is 0.495. The van der Waals surface area contributed by atoms with Gasteiger partial charge in [0.05, 0.1) is 0 Å². The third-order valence-corrected chi connectivity index (χ3v) is 2.04. The maximum absolute atomic E-state index is 12.1. The highest BCUT2D eigenvalue weighted by Crippen LogP contribution is 2.21. The van der Waals surface area contributed by atoms with Crippen molar-refractivity contribution < 1.29 is 13.2 Å². The number of nitrogens with two attached hydrogens (primary N) is 1. The molecular formula is C9H9ClF3N. The Morgan fingerprint density at radius 2 is 1.71 bits per heavy atom. The molecule has 1 atom stereocenters. The Morgan fingerprint density at radius 3 is 2.14 bits per heavy atom. The molecule has 1 nitrogen and oxygen atoms in total. The lowest BCUT2D eigenvalue weighted by Crippen LogP contribution is -2.39. The highest BCUT2D eigenvalue weighted by atomic mass is 35.5. The largest absolute Gasteiger partial charge is 0.403 e. The fourth-order valence-corrected chi connectivity index (χ4v) is 1.12. The zero-order valence-electron chi connectivity index (χ0n) is 7.18. The van der Waals surface area contributed by atoms with Crippen LogP contribution in [0.4, 0.5) is 13.2 Å². The van der Waals surface area contributed by atoms with Crippen molar-refractivity contribution in [1.82, 2.24) is 0 Å². The van der Waals surface area contributed by atoms with Gasteiger partial charge in [0, 0.05) is 5.02 Å². The van der Waals surface area contributed by atoms with Crippen LogP contribution in [0.5, 0.6) is 0 Å². The second-order valence-corrected chi connectivity index (χ2v) is 3.42. The molecule has 78 valence electrons. The molecule has 1 rings (SSSR count). The zero-order valence-corrected chi connectivity index (χ0v) is 7.94. The van der Waals surface area contributed by atoms with Crippen molar-refractivity contribution in [3.05, 3.63) is 34.9 Å². The summed E-state index contributed by atoms with van der Waals surface area (Å²) in [7, 11) is 0. The first-order valence-electron chi connectivity index (χ1n) is 3.96. The Kier molecular flexibility index (Phi) is 3.39. The van der Waals surface area contributed by atoms with E-state index in [1.807, 2.05) is 0 Å². The maximum atomic E-state index is 12.1. The third kappa shape index (κ3) is 3.20. The van der Waals surface area contributed by atoms with E-state index in [1.54, 1.807) is 12.1 Å². The topological polar surface area (TPSA) is 26.0 Å². The van der Waals surface area contributed by atoms with Crippen molar-refractivity contribution in [2.45, 2.75) is 18.6 Å². The van der Waals surface area contributed by atoms with E-state index in [4.69, 9.17) is 17.3 Å². The average molecular weight is 224 g/mol. The van der Waals surface area contributed by atoms with Gasteiger partial charge in [-0.2, -0.15) is 13.2 Å². The Morgan fingerprint density at radius 1 is 1.21 bits per heavy atom. The van der Waals surface area contributed by atoms with Gasteiger partial charge in [0.2, 0.25) is 0 Å². The lowest BCUT2D eigenvalue weighted by atomic mass is 10.1. The molecule has 14 heavy (non-hydrogen) atoms. The zero-order chi connectivity index (χ0) is 10.8. The van der Waals surface area contributed by atoms with Gasteiger partial charge in [0.15, 0.2) is 0 Å². The van der Waals surface area contributed by atoms with Gasteiger partial charge in [-0.05, 0) is 24.1 Å². The smallest absolute Gasteiger partial charge is 0.320 e. The molecule has 0 radical (unpaired) electrons. The minimum absolute atomic E-state index is 0.222. The van der Waals surface area contributed by atoms with Crippen LogP contribution < -0.4 is 5.73 Å². The van der Waals surface area contributed by atoms with Gasteiger partial charge < -0.3 is 5.73 Å². The van der Waals surface area contributed by atoms with Gasteiger partial charge in [0.1, 0.15) is 6.04 Å². The van der Waals surface area contributed by atoms with Crippen LogP contribution in [-0.2, 0) is 6.42 Å². The number of rotatable bonds is 2. The molecule has 1 unspecified atom stereocenters. The average Bonchev–Trinajstić information content (AvgIpc) is 2.07. The van der Waals surface area contributed by atoms with E-state index in [1.165, 1.54) is 12.1 Å². The molecule has 0 fully saturated rings. The van der Waals surface area contributed by atoms with Crippen LogP contribution in [0.15, 0.2) is 24.3 Å². The summed E-state index contributed by atoms with van der Waals surface area (Å²) < 4.78 is 36.2. The molecule has 2 N–H and O–H groups in total. The first kappa shape index (κ1) is 11.3. The van der Waals surface area contributed by atoms with Gasteiger partial charge in [0.25, 0.3) is 0 Å². The van der Waals surface area contributed by atoms with Crippen LogP contribution in [0, 0.1) is 0 Å². The van der Waals surface area contributed by atoms with E-state index in [9.17, 15) is 13.2 Å². The molecule has 0 aliphatic rings. The van der Waals surface area contributed by atoms with Crippen molar-refractivity contribution in [2.75, 3.05) is 0 Å². The SMILES string of the molecule is NC(Cc1ccc(Cl)cc1)C(F)(F)F. The van der Waals surface area contributed by atoms with Crippen molar-refractivity contribution in [3.8, 4) is 0 Å². The van der Waals surface area contributed by atoms with Gasteiger partial charge in [-0.1, -0.05) is 23.7 Å². The van der Waals surface area contributed by atoms with Crippen LogP contribution in [-0.4, -0.2) is 12.2 Å². The van der Waals surface area contributed by atoms with Crippen LogP contribution in [0.25, 0.3) is 0 Å². The number of halogens is 4. The fraction of sp³-hybridized carbons (Fsp3) is 0.333. The number of alkyl halides is 3. The van der Waals surface area contributed by atoms with Gasteiger partial charge in [-0.3, -0.25) is 0 Å². The summed E-state index contributed by atoms with van der Waals surface area (Å²) in [6.45, 7) is 0. The van der Waals surface area contributed by atoms with Crippen molar-refractivity contribution >= 4 is 11.6 Å². The minimum Gasteiger partial charge on any atom is -0.320 e. The quantitative estimate of drug-likeness (QED) is 0.820. The molecule has 0 saturated carbocycles. The van der Waals surface area contributed by atoms with E-state index in [-0.39, 0.29) is 6.42 Å². The minimum atomic E-state index is -4.35. The Balaban J connectivity index is 2.65. The number of hydrogen-bond acceptors (Lipinski definition) is 1. The van der Waals surface area contributed by atoms with Gasteiger partial charge in [-0.25, -0.2) is 0 Å². The molecule has 0 spiro atoms. The first-order chi connectivity index (χ1) is 6.39. The summed E-state index contributed by atoms with van der Waals surface area (Å²) in [6.07, 6.45) is -4.57. The predicted molar refractivity (Wildman–Crippen MR) is 49.2 cm³/mol. The summed E-state index contributed by atoms with van der Waals surface area (Å²) in [4.78, 5) is 0. The Labute approximate surface area is 84.7 Å². The number of hydrogen-bond donors (Lipinski definition) is 1. The molecule has 0 aliphatic heterocycles. The van der Waals surface area contributed by atoms with Crippen LogP contribution >= 0.6 is 11.6 Å². The van der Waals surface area contributed by atoms with E-state index in [0.717, 1.165) is 0 Å². The number of benzene rings is 1. The maximum Gasteiger partial charge on any atom is 0.403 e. The fourth-order valence-electron chi connectivity index (χ4n) is 0.990. The normalized spacial score (nSPS) is 14.1. The molecule has 0 heterocycles. The summed E-state index contributed by atoms with van der Waals surface area (Å²) >= 11 is 5.58. The second kappa shape index (κ2) is 4.19. The first-order valence-corrected chi connectivity index (χ1v) is 4.34. The highest BCUT2D eigenvalue weighted by Gasteiger charge is 2.36. The molecular weight excluding hydrogens is 215 g/mol. The van der Waals surface area contributed by atoms with E-state index >= 15 is 0 Å². The van der Waals surface area contributed by atoms with Crippen LogP contribution in [0.2, 0.25) is 5.02 Å². The molecule has 1 aromatic rings. The van der Waals surface area contributed by atoms with Crippen molar-refractivity contribution in [3.63, 3.8) is 0 Å². The summed E-state index contributed by atoms with van der Waals surface area (Å²) in [5.41, 5.74) is 5.49. The molecule has 0 saturated heterocycles. The molecule has 5 heteroatoms. The monoisotopic (exact) mass is 223 g/mol. The van der Waals surface area contributed by atoms with Gasteiger partial charge >= 0.3 is 6.18 Å². The van der Waals surface area contributed by atoms with Gasteiger partial charge in [-0.15, -0.1) is 0 Å². The van der Waals surface area contributed by atoms with E-state index in [0.29, 0.717) is 10.6 Å². The van der Waals surface area contributed by atoms with Crippen molar-refractivity contribution in [1.29, 1.82) is 0 Å². The lowest BCUT2D eigenvalue weighted by molar-refractivity contribution is -0.147. The van der Waals surface area contributed by atoms with Crippen LogP contribution in [0.3, 0.4) is 0 Å². The molecule has 0 aliphatic carbocycles. The Bertz CT molecular complexity index is 294. The Hall–Kier alpha value is -0.740. The van der Waals surface area contributed by atoms with Crippen molar-refractivity contribution in [2.24, 2.45) is 5.73 Å². The summed E-state index contributed by atoms with van der Waals surface area (Å²) in [6, 6.07) is 4.34. The lowest BCUT2D eigenvalue weighted by Gasteiger charge is -2.15. The van der Waals surface area contributed by atoms with Crippen LogP contribution in [0.1, 0.15) is 5.56 Å². The summed E-state index contributed by atoms with van der Waals surface area (Å²) in [5.74, 6) is 0. The molecule has 0 aromatic heterocycles. The molecule has 1 aromatic carbocycles. The molecule has 0 amide bonds. The van der Waals surface area contributed by atoms with E-state index < -0.39 is 12.2 Å². The third-order valence-electron chi connectivity index (χ3n) is 1.79. The highest BCUT2D eigenvalue weighted by molar-refractivity contribution is 6.30. The second-order valence-electron chi connectivity index (χ2n) is 2.98.